The van der Waals surface area contributed by atoms with Crippen molar-refractivity contribution in [3.63, 3.8) is 0 Å². The quantitative estimate of drug-likeness (QED) is 0.724. The van der Waals surface area contributed by atoms with E-state index < -0.39 is 5.82 Å². The lowest BCUT2D eigenvalue weighted by atomic mass is 10.1. The van der Waals surface area contributed by atoms with Crippen LogP contribution in [-0.4, -0.2) is 51.4 Å². The average Bonchev–Trinajstić information content (AvgIpc) is 3.20. The van der Waals surface area contributed by atoms with Crippen LogP contribution < -0.4 is 0 Å². The summed E-state index contributed by atoms with van der Waals surface area (Å²) >= 11 is 0. The molecule has 4 rings (SSSR count). The number of fused-ring (bicyclic) bond motifs is 1. The highest BCUT2D eigenvalue weighted by atomic mass is 19.1. The van der Waals surface area contributed by atoms with E-state index in [9.17, 15) is 9.18 Å². The molecule has 1 aromatic carbocycles. The van der Waals surface area contributed by atoms with Crippen molar-refractivity contribution in [2.24, 2.45) is 7.05 Å². The fraction of sp³-hybridized carbons (Fsp3) is 0.368. The predicted molar refractivity (Wildman–Crippen MR) is 95.3 cm³/mol. The number of rotatable bonds is 3. The number of nitrogens with zero attached hydrogens (tertiary/aromatic N) is 4. The molecule has 0 spiro atoms. The van der Waals surface area contributed by atoms with Crippen molar-refractivity contribution in [2.45, 2.75) is 13.5 Å². The molecule has 1 saturated heterocycles. The van der Waals surface area contributed by atoms with E-state index in [4.69, 9.17) is 4.42 Å². The van der Waals surface area contributed by atoms with Crippen LogP contribution in [0.1, 0.15) is 21.9 Å². The monoisotopic (exact) mass is 356 g/mol. The standard InChI is InChI=1S/C19H21FN4O2/c1-13-14-4-3-5-15(20)18(14)26-17(13)19(25)24-10-8-23(9-11-24)12-16-21-6-7-22(16)2/h3-7H,8-12H2,1-2H3. The molecule has 1 aliphatic heterocycles. The van der Waals surface area contributed by atoms with E-state index in [0.717, 1.165) is 25.5 Å². The van der Waals surface area contributed by atoms with Gasteiger partial charge in [-0.3, -0.25) is 9.69 Å². The molecule has 3 aromatic rings. The number of carbonyl (C=O) groups is 1. The number of piperazine rings is 1. The van der Waals surface area contributed by atoms with E-state index in [1.165, 1.54) is 6.07 Å². The maximum Gasteiger partial charge on any atom is 0.289 e. The summed E-state index contributed by atoms with van der Waals surface area (Å²) in [6.45, 7) is 5.33. The molecule has 0 radical (unpaired) electrons. The van der Waals surface area contributed by atoms with E-state index in [1.807, 2.05) is 17.8 Å². The summed E-state index contributed by atoms with van der Waals surface area (Å²) in [5.41, 5.74) is 0.849. The van der Waals surface area contributed by atoms with Crippen LogP contribution in [0.5, 0.6) is 0 Å². The van der Waals surface area contributed by atoms with Crippen molar-refractivity contribution < 1.29 is 13.6 Å². The van der Waals surface area contributed by atoms with Gasteiger partial charge in [-0.1, -0.05) is 12.1 Å². The molecule has 0 bridgehead atoms. The Labute approximate surface area is 150 Å². The molecular formula is C19H21FN4O2. The minimum Gasteiger partial charge on any atom is -0.448 e. The van der Waals surface area contributed by atoms with Gasteiger partial charge in [0.05, 0.1) is 6.54 Å². The second-order valence-corrected chi connectivity index (χ2v) is 6.70. The minimum atomic E-state index is -0.440. The Morgan fingerprint density at radius 3 is 2.69 bits per heavy atom. The number of hydrogen-bond donors (Lipinski definition) is 0. The van der Waals surface area contributed by atoms with Crippen LogP contribution in [0.2, 0.25) is 0 Å². The molecule has 0 atom stereocenters. The van der Waals surface area contributed by atoms with E-state index in [1.54, 1.807) is 30.2 Å². The van der Waals surface area contributed by atoms with Crippen molar-refractivity contribution in [1.29, 1.82) is 0 Å². The van der Waals surface area contributed by atoms with Crippen LogP contribution >= 0.6 is 0 Å². The Hall–Kier alpha value is -2.67. The highest BCUT2D eigenvalue weighted by Gasteiger charge is 2.27. The zero-order valence-corrected chi connectivity index (χ0v) is 14.9. The first-order chi connectivity index (χ1) is 12.5. The number of halogens is 1. The number of imidazole rings is 1. The molecule has 2 aromatic heterocycles. The second kappa shape index (κ2) is 6.57. The summed E-state index contributed by atoms with van der Waals surface area (Å²) in [5.74, 6) is 0.635. The second-order valence-electron chi connectivity index (χ2n) is 6.70. The number of aromatic nitrogens is 2. The SMILES string of the molecule is Cc1c(C(=O)N2CCN(Cc3nccn3C)CC2)oc2c(F)cccc12. The number of para-hydroxylation sites is 1. The fourth-order valence-corrected chi connectivity index (χ4v) is 3.41. The molecule has 1 fully saturated rings. The van der Waals surface area contributed by atoms with Crippen molar-refractivity contribution in [2.75, 3.05) is 26.2 Å². The van der Waals surface area contributed by atoms with Crippen molar-refractivity contribution in [3.05, 3.63) is 53.6 Å². The van der Waals surface area contributed by atoms with Crippen LogP contribution in [0.3, 0.4) is 0 Å². The summed E-state index contributed by atoms with van der Waals surface area (Å²) in [4.78, 5) is 21.3. The summed E-state index contributed by atoms with van der Waals surface area (Å²) in [6, 6.07) is 4.75. The third kappa shape index (κ3) is 2.88. The molecule has 1 aliphatic rings. The van der Waals surface area contributed by atoms with Gasteiger partial charge in [0.2, 0.25) is 0 Å². The van der Waals surface area contributed by atoms with Gasteiger partial charge >= 0.3 is 0 Å². The molecule has 1 amide bonds. The van der Waals surface area contributed by atoms with Crippen LogP contribution in [0, 0.1) is 12.7 Å². The topological polar surface area (TPSA) is 54.5 Å². The summed E-state index contributed by atoms with van der Waals surface area (Å²) in [5, 5.41) is 0.654. The third-order valence-electron chi connectivity index (χ3n) is 5.06. The van der Waals surface area contributed by atoms with Crippen molar-refractivity contribution in [3.8, 4) is 0 Å². The Morgan fingerprint density at radius 1 is 1.27 bits per heavy atom. The highest BCUT2D eigenvalue weighted by Crippen LogP contribution is 2.28. The first-order valence-corrected chi connectivity index (χ1v) is 8.70. The maximum absolute atomic E-state index is 13.9. The number of benzene rings is 1. The van der Waals surface area contributed by atoms with Crippen LogP contribution in [0.25, 0.3) is 11.0 Å². The minimum absolute atomic E-state index is 0.154. The van der Waals surface area contributed by atoms with Gasteiger partial charge in [0, 0.05) is 56.6 Å². The molecule has 0 aliphatic carbocycles. The van der Waals surface area contributed by atoms with Gasteiger partial charge in [-0.25, -0.2) is 9.37 Å². The van der Waals surface area contributed by atoms with E-state index >= 15 is 0 Å². The normalized spacial score (nSPS) is 15.7. The molecule has 6 nitrogen and oxygen atoms in total. The van der Waals surface area contributed by atoms with Gasteiger partial charge in [0.1, 0.15) is 5.82 Å². The van der Waals surface area contributed by atoms with Gasteiger partial charge in [0.15, 0.2) is 17.2 Å². The number of aryl methyl sites for hydroxylation is 2. The van der Waals surface area contributed by atoms with Crippen molar-refractivity contribution in [1.82, 2.24) is 19.4 Å². The lowest BCUT2D eigenvalue weighted by molar-refractivity contribution is 0.0595. The Kier molecular flexibility index (Phi) is 4.24. The van der Waals surface area contributed by atoms with Gasteiger partial charge < -0.3 is 13.9 Å². The maximum atomic E-state index is 13.9. The summed E-state index contributed by atoms with van der Waals surface area (Å²) < 4.78 is 21.5. The van der Waals surface area contributed by atoms with Crippen LogP contribution in [0.15, 0.2) is 35.0 Å². The zero-order chi connectivity index (χ0) is 18.3. The van der Waals surface area contributed by atoms with Gasteiger partial charge in [0.25, 0.3) is 5.91 Å². The van der Waals surface area contributed by atoms with Crippen LogP contribution in [-0.2, 0) is 13.6 Å². The van der Waals surface area contributed by atoms with Gasteiger partial charge in [-0.05, 0) is 13.0 Å². The smallest absolute Gasteiger partial charge is 0.289 e. The number of furan rings is 1. The molecule has 0 N–H and O–H groups in total. The van der Waals surface area contributed by atoms with E-state index in [2.05, 4.69) is 9.88 Å². The lowest BCUT2D eigenvalue weighted by Crippen LogP contribution is -2.48. The average molecular weight is 356 g/mol. The highest BCUT2D eigenvalue weighted by molar-refractivity contribution is 5.99. The molecule has 0 saturated carbocycles. The Morgan fingerprint density at radius 2 is 2.04 bits per heavy atom. The molecule has 3 heterocycles. The Balaban J connectivity index is 1.46. The fourth-order valence-electron chi connectivity index (χ4n) is 3.41. The third-order valence-corrected chi connectivity index (χ3v) is 5.06. The Bertz CT molecular complexity index is 954. The predicted octanol–water partition coefficient (Wildman–Crippen LogP) is 2.57. The molecular weight excluding hydrogens is 335 g/mol. The number of carbonyl (C=O) groups excluding carboxylic acids is 1. The van der Waals surface area contributed by atoms with Crippen molar-refractivity contribution >= 4 is 16.9 Å². The number of amides is 1. The first-order valence-electron chi connectivity index (χ1n) is 8.70. The molecule has 0 unspecified atom stereocenters. The lowest BCUT2D eigenvalue weighted by Gasteiger charge is -2.34. The first kappa shape index (κ1) is 16.8. The van der Waals surface area contributed by atoms with Gasteiger partial charge in [-0.2, -0.15) is 0 Å². The van der Waals surface area contributed by atoms with E-state index in [0.29, 0.717) is 24.0 Å². The van der Waals surface area contributed by atoms with Gasteiger partial charge in [-0.15, -0.1) is 0 Å². The number of hydrogen-bond acceptors (Lipinski definition) is 4. The van der Waals surface area contributed by atoms with Crippen LogP contribution in [0.4, 0.5) is 4.39 Å². The molecule has 7 heteroatoms. The summed E-state index contributed by atoms with van der Waals surface area (Å²) in [7, 11) is 1.98. The van der Waals surface area contributed by atoms with E-state index in [-0.39, 0.29) is 17.3 Å². The largest absolute Gasteiger partial charge is 0.448 e. The zero-order valence-electron chi connectivity index (χ0n) is 14.9. The molecule has 136 valence electrons. The molecule has 26 heavy (non-hydrogen) atoms. The summed E-state index contributed by atoms with van der Waals surface area (Å²) in [6.07, 6.45) is 3.72.